The summed E-state index contributed by atoms with van der Waals surface area (Å²) in [6.07, 6.45) is 2.62. The second-order valence-corrected chi connectivity index (χ2v) is 6.00. The number of urea groups is 1. The molecule has 0 saturated carbocycles. The van der Waals surface area contributed by atoms with E-state index in [1.54, 1.807) is 36.0 Å². The molecule has 1 fully saturated rings. The fraction of sp³-hybridized carbons (Fsp3) is 0.429. The molecule has 1 aliphatic heterocycles. The molecule has 0 aromatic heterocycles. The molecular weight excluding hydrogens is 312 g/mol. The predicted molar refractivity (Wildman–Crippen MR) is 84.0 cm³/mol. The molecule has 0 radical (unpaired) electrons. The Hall–Kier alpha value is -1.40. The van der Waals surface area contributed by atoms with Gasteiger partial charge in [-0.15, -0.1) is 0 Å². The van der Waals surface area contributed by atoms with E-state index in [4.69, 9.17) is 16.3 Å². The topological polar surface area (TPSA) is 58.6 Å². The number of thioether (sulfide) groups is 1. The number of ether oxygens (including phenoxy) is 1. The molecule has 0 aliphatic carbocycles. The summed E-state index contributed by atoms with van der Waals surface area (Å²) in [6, 6.07) is 6.25. The summed E-state index contributed by atoms with van der Waals surface area (Å²) in [4.78, 5) is 25.0. The average molecular weight is 329 g/mol. The number of hydrogen-bond acceptors (Lipinski definition) is 4. The highest BCUT2D eigenvalue weighted by molar-refractivity contribution is 7.98. The number of benzene rings is 1. The van der Waals surface area contributed by atoms with Crippen LogP contribution in [0.25, 0.3) is 0 Å². The van der Waals surface area contributed by atoms with Gasteiger partial charge in [-0.05, 0) is 36.6 Å². The zero-order chi connectivity index (χ0) is 15.2. The third kappa shape index (κ3) is 4.28. The van der Waals surface area contributed by atoms with Gasteiger partial charge in [-0.25, -0.2) is 4.79 Å². The smallest absolute Gasteiger partial charge is 0.324 e. The van der Waals surface area contributed by atoms with E-state index in [1.165, 1.54) is 4.90 Å². The van der Waals surface area contributed by atoms with Crippen molar-refractivity contribution in [2.24, 2.45) is 0 Å². The van der Waals surface area contributed by atoms with Crippen LogP contribution >= 0.6 is 23.4 Å². The standard InChI is InChI=1S/C14H17ClN2O3S/c1-21-8-5-12-13(18)17(14(19)16-12)6-7-20-11-4-2-3-10(15)9-11/h2-4,9,12H,5-8H2,1H3,(H,16,19). The van der Waals surface area contributed by atoms with Gasteiger partial charge in [0.1, 0.15) is 18.4 Å². The van der Waals surface area contributed by atoms with Gasteiger partial charge in [-0.1, -0.05) is 17.7 Å². The van der Waals surface area contributed by atoms with Gasteiger partial charge >= 0.3 is 6.03 Å². The van der Waals surface area contributed by atoms with E-state index >= 15 is 0 Å². The number of halogens is 1. The molecule has 21 heavy (non-hydrogen) atoms. The Bertz CT molecular complexity index is 527. The summed E-state index contributed by atoms with van der Waals surface area (Å²) >= 11 is 7.50. The largest absolute Gasteiger partial charge is 0.492 e. The zero-order valence-corrected chi connectivity index (χ0v) is 13.2. The van der Waals surface area contributed by atoms with Crippen molar-refractivity contribution in [3.8, 4) is 5.75 Å². The lowest BCUT2D eigenvalue weighted by molar-refractivity contribution is -0.127. The van der Waals surface area contributed by atoms with Crippen LogP contribution in [0.3, 0.4) is 0 Å². The Morgan fingerprint density at radius 2 is 2.24 bits per heavy atom. The molecule has 2 rings (SSSR count). The van der Waals surface area contributed by atoms with Gasteiger partial charge in [0.15, 0.2) is 0 Å². The number of nitrogens with one attached hydrogen (secondary N) is 1. The molecule has 1 aliphatic rings. The van der Waals surface area contributed by atoms with Crippen LogP contribution in [0, 0.1) is 0 Å². The van der Waals surface area contributed by atoms with Crippen molar-refractivity contribution in [3.05, 3.63) is 29.3 Å². The first-order chi connectivity index (χ1) is 10.1. The normalized spacial score (nSPS) is 18.0. The van der Waals surface area contributed by atoms with Gasteiger partial charge in [-0.3, -0.25) is 9.69 Å². The van der Waals surface area contributed by atoms with Crippen molar-refractivity contribution in [2.45, 2.75) is 12.5 Å². The molecule has 5 nitrogen and oxygen atoms in total. The lowest BCUT2D eigenvalue weighted by Crippen LogP contribution is -2.35. The molecule has 114 valence electrons. The Balaban J connectivity index is 1.82. The molecule has 1 saturated heterocycles. The summed E-state index contributed by atoms with van der Waals surface area (Å²) in [5, 5.41) is 3.28. The van der Waals surface area contributed by atoms with Gasteiger partial charge in [0, 0.05) is 5.02 Å². The van der Waals surface area contributed by atoms with Gasteiger partial charge in [0.25, 0.3) is 5.91 Å². The molecule has 1 aromatic carbocycles. The molecule has 1 heterocycles. The minimum absolute atomic E-state index is 0.177. The highest BCUT2D eigenvalue weighted by Gasteiger charge is 2.37. The number of carbonyl (C=O) groups excluding carboxylic acids is 2. The number of amides is 3. The summed E-state index contributed by atoms with van der Waals surface area (Å²) in [5.74, 6) is 1.28. The van der Waals surface area contributed by atoms with Crippen molar-refractivity contribution < 1.29 is 14.3 Å². The first-order valence-electron chi connectivity index (χ1n) is 6.61. The van der Waals surface area contributed by atoms with Crippen LogP contribution in [0.1, 0.15) is 6.42 Å². The van der Waals surface area contributed by atoms with Crippen LogP contribution in [-0.2, 0) is 4.79 Å². The quantitative estimate of drug-likeness (QED) is 0.781. The second kappa shape index (κ2) is 7.56. The Kier molecular flexibility index (Phi) is 5.76. The van der Waals surface area contributed by atoms with E-state index in [-0.39, 0.29) is 25.1 Å². The fourth-order valence-electron chi connectivity index (χ4n) is 2.03. The van der Waals surface area contributed by atoms with Crippen LogP contribution in [0.5, 0.6) is 5.75 Å². The molecule has 0 spiro atoms. The Morgan fingerprint density at radius 3 is 2.95 bits per heavy atom. The third-order valence-electron chi connectivity index (χ3n) is 3.10. The van der Waals surface area contributed by atoms with Crippen LogP contribution in [-0.4, -0.2) is 48.0 Å². The molecular formula is C14H17ClN2O3S. The lowest BCUT2D eigenvalue weighted by Gasteiger charge is -2.13. The van der Waals surface area contributed by atoms with Crippen LogP contribution in [0.15, 0.2) is 24.3 Å². The molecule has 0 bridgehead atoms. The predicted octanol–water partition coefficient (Wildman–Crippen LogP) is 2.39. The van der Waals surface area contributed by atoms with Crippen molar-refractivity contribution in [1.82, 2.24) is 10.2 Å². The number of hydrogen-bond donors (Lipinski definition) is 1. The van der Waals surface area contributed by atoms with E-state index in [1.807, 2.05) is 6.26 Å². The van der Waals surface area contributed by atoms with E-state index in [2.05, 4.69) is 5.32 Å². The monoisotopic (exact) mass is 328 g/mol. The van der Waals surface area contributed by atoms with Crippen LogP contribution in [0.4, 0.5) is 4.79 Å². The summed E-state index contributed by atoms with van der Waals surface area (Å²) in [5.41, 5.74) is 0. The Morgan fingerprint density at radius 1 is 1.43 bits per heavy atom. The van der Waals surface area contributed by atoms with Crippen LogP contribution < -0.4 is 10.1 Å². The zero-order valence-electron chi connectivity index (χ0n) is 11.7. The van der Waals surface area contributed by atoms with E-state index in [9.17, 15) is 9.59 Å². The second-order valence-electron chi connectivity index (χ2n) is 4.58. The van der Waals surface area contributed by atoms with Gasteiger partial charge in [0.2, 0.25) is 0 Å². The summed E-state index contributed by atoms with van der Waals surface area (Å²) in [6.45, 7) is 0.474. The highest BCUT2D eigenvalue weighted by Crippen LogP contribution is 2.17. The van der Waals surface area contributed by atoms with Crippen molar-refractivity contribution in [3.63, 3.8) is 0 Å². The first kappa shape index (κ1) is 16.0. The minimum Gasteiger partial charge on any atom is -0.492 e. The van der Waals surface area contributed by atoms with E-state index in [0.717, 1.165) is 5.75 Å². The molecule has 1 atom stereocenters. The highest BCUT2D eigenvalue weighted by atomic mass is 35.5. The SMILES string of the molecule is CSCCC1NC(=O)N(CCOc2cccc(Cl)c2)C1=O. The average Bonchev–Trinajstić information content (AvgIpc) is 2.72. The number of nitrogens with zero attached hydrogens (tertiary/aromatic N) is 1. The van der Waals surface area contributed by atoms with Gasteiger partial charge in [-0.2, -0.15) is 11.8 Å². The van der Waals surface area contributed by atoms with Crippen LogP contribution in [0.2, 0.25) is 5.02 Å². The fourth-order valence-corrected chi connectivity index (χ4v) is 2.68. The molecule has 1 unspecified atom stereocenters. The maximum Gasteiger partial charge on any atom is 0.324 e. The van der Waals surface area contributed by atoms with Crippen molar-refractivity contribution >= 4 is 35.3 Å². The van der Waals surface area contributed by atoms with Crippen molar-refractivity contribution in [2.75, 3.05) is 25.2 Å². The number of carbonyl (C=O) groups is 2. The molecule has 3 amide bonds. The number of imide groups is 1. The van der Waals surface area contributed by atoms with E-state index in [0.29, 0.717) is 17.2 Å². The lowest BCUT2D eigenvalue weighted by atomic mass is 10.2. The molecule has 7 heteroatoms. The minimum atomic E-state index is -0.406. The van der Waals surface area contributed by atoms with Gasteiger partial charge < -0.3 is 10.1 Å². The molecule has 1 N–H and O–H groups in total. The molecule has 1 aromatic rings. The maximum absolute atomic E-state index is 12.1. The van der Waals surface area contributed by atoms with Gasteiger partial charge in [0.05, 0.1) is 6.54 Å². The van der Waals surface area contributed by atoms with Crippen molar-refractivity contribution in [1.29, 1.82) is 0 Å². The summed E-state index contributed by atoms with van der Waals surface area (Å²) in [7, 11) is 0. The summed E-state index contributed by atoms with van der Waals surface area (Å²) < 4.78 is 5.50. The third-order valence-corrected chi connectivity index (χ3v) is 3.98. The first-order valence-corrected chi connectivity index (χ1v) is 8.38. The Labute approximate surface area is 133 Å². The van der Waals surface area contributed by atoms with E-state index < -0.39 is 6.04 Å². The maximum atomic E-state index is 12.1. The number of rotatable bonds is 7.